The zero-order valence-electron chi connectivity index (χ0n) is 11.7. The van der Waals surface area contributed by atoms with Crippen LogP contribution in [0, 0.1) is 6.92 Å². The molecule has 0 radical (unpaired) electrons. The van der Waals surface area contributed by atoms with Gasteiger partial charge >= 0.3 is 5.63 Å². The van der Waals surface area contributed by atoms with Gasteiger partial charge in [0.25, 0.3) is 0 Å². The molecule has 0 saturated carbocycles. The smallest absolute Gasteiger partial charge is 0.345 e. The van der Waals surface area contributed by atoms with E-state index in [1.165, 1.54) is 0 Å². The van der Waals surface area contributed by atoms with Crippen molar-refractivity contribution in [1.82, 2.24) is 9.38 Å². The summed E-state index contributed by atoms with van der Waals surface area (Å²) in [7, 11) is 0. The third-order valence-electron chi connectivity index (χ3n) is 3.59. The molecule has 0 N–H and O–H groups in total. The molecule has 0 bridgehead atoms. The minimum atomic E-state index is -0.380. The van der Waals surface area contributed by atoms with Crippen molar-refractivity contribution < 1.29 is 4.42 Å². The number of hydrogen-bond acceptors (Lipinski definition) is 3. The van der Waals surface area contributed by atoms with Gasteiger partial charge in [0.05, 0.1) is 11.3 Å². The van der Waals surface area contributed by atoms with Crippen LogP contribution in [-0.4, -0.2) is 9.38 Å². The zero-order chi connectivity index (χ0) is 15.3. The molecule has 3 aromatic heterocycles. The van der Waals surface area contributed by atoms with Crippen LogP contribution in [0.25, 0.3) is 27.9 Å². The fourth-order valence-electron chi connectivity index (χ4n) is 2.49. The molecule has 4 nitrogen and oxygen atoms in total. The van der Waals surface area contributed by atoms with Crippen LogP contribution in [0.2, 0.25) is 0 Å². The monoisotopic (exact) mass is 354 g/mol. The average Bonchev–Trinajstić information content (AvgIpc) is 2.89. The molecule has 0 spiro atoms. The predicted octanol–water partition coefficient (Wildman–Crippen LogP) is 4.18. The highest BCUT2D eigenvalue weighted by Gasteiger charge is 2.12. The molecule has 0 saturated heterocycles. The fourth-order valence-corrected chi connectivity index (χ4v) is 2.87. The lowest BCUT2D eigenvalue weighted by Crippen LogP contribution is -2.02. The number of hydrogen-bond donors (Lipinski definition) is 0. The Labute approximate surface area is 134 Å². The highest BCUT2D eigenvalue weighted by atomic mass is 79.9. The molecule has 4 rings (SSSR count). The Kier molecular flexibility index (Phi) is 2.90. The van der Waals surface area contributed by atoms with Crippen molar-refractivity contribution in [2.24, 2.45) is 0 Å². The summed E-state index contributed by atoms with van der Waals surface area (Å²) in [6.45, 7) is 2.01. The van der Waals surface area contributed by atoms with E-state index in [2.05, 4.69) is 20.9 Å². The highest BCUT2D eigenvalue weighted by molar-refractivity contribution is 9.10. The van der Waals surface area contributed by atoms with Crippen LogP contribution >= 0.6 is 15.9 Å². The van der Waals surface area contributed by atoms with Crippen LogP contribution in [0.4, 0.5) is 0 Å². The number of aromatic nitrogens is 2. The number of imidazole rings is 1. The normalized spacial score (nSPS) is 11.4. The topological polar surface area (TPSA) is 47.5 Å². The molecule has 3 heterocycles. The van der Waals surface area contributed by atoms with E-state index in [1.807, 2.05) is 54.0 Å². The van der Waals surface area contributed by atoms with Gasteiger partial charge in [-0.05, 0) is 48.9 Å². The van der Waals surface area contributed by atoms with Crippen molar-refractivity contribution in [1.29, 1.82) is 0 Å². The number of pyridine rings is 1. The summed E-state index contributed by atoms with van der Waals surface area (Å²) in [6, 6.07) is 11.3. The van der Waals surface area contributed by atoms with Gasteiger partial charge in [-0.2, -0.15) is 0 Å². The van der Waals surface area contributed by atoms with Gasteiger partial charge in [0, 0.05) is 22.3 Å². The molecule has 0 fully saturated rings. The van der Waals surface area contributed by atoms with Crippen molar-refractivity contribution in [3.63, 3.8) is 0 Å². The number of rotatable bonds is 1. The van der Waals surface area contributed by atoms with Crippen molar-refractivity contribution in [2.75, 3.05) is 0 Å². The Morgan fingerprint density at radius 1 is 1.18 bits per heavy atom. The van der Waals surface area contributed by atoms with Crippen LogP contribution < -0.4 is 5.63 Å². The van der Waals surface area contributed by atoms with Gasteiger partial charge < -0.3 is 8.82 Å². The van der Waals surface area contributed by atoms with Gasteiger partial charge in [-0.1, -0.05) is 15.9 Å². The van der Waals surface area contributed by atoms with E-state index in [0.717, 1.165) is 21.1 Å². The second-order valence-electron chi connectivity index (χ2n) is 5.23. The molecule has 0 atom stereocenters. The van der Waals surface area contributed by atoms with Crippen molar-refractivity contribution in [3.8, 4) is 11.3 Å². The van der Waals surface area contributed by atoms with Crippen LogP contribution in [-0.2, 0) is 0 Å². The molecule has 0 aliphatic heterocycles. The van der Waals surface area contributed by atoms with Gasteiger partial charge in [-0.3, -0.25) is 0 Å². The summed E-state index contributed by atoms with van der Waals surface area (Å²) >= 11 is 3.43. The van der Waals surface area contributed by atoms with Crippen LogP contribution in [0.15, 0.2) is 62.5 Å². The van der Waals surface area contributed by atoms with Crippen LogP contribution in [0.1, 0.15) is 5.56 Å². The average molecular weight is 355 g/mol. The number of fused-ring (bicyclic) bond motifs is 2. The van der Waals surface area contributed by atoms with Gasteiger partial charge in [-0.25, -0.2) is 9.78 Å². The van der Waals surface area contributed by atoms with E-state index in [0.29, 0.717) is 16.8 Å². The Balaban J connectivity index is 1.98. The van der Waals surface area contributed by atoms with Gasteiger partial charge in [0.1, 0.15) is 11.2 Å². The lowest BCUT2D eigenvalue weighted by atomic mass is 10.1. The number of benzene rings is 1. The standard InChI is InChI=1S/C17H11BrN2O2/c1-10-4-5-20-9-14(19-16(20)6-10)13-8-11-7-12(18)2-3-15(11)22-17(13)21/h2-9H,1H3. The second kappa shape index (κ2) is 4.81. The van der Waals surface area contributed by atoms with Crippen LogP contribution in [0.5, 0.6) is 0 Å². The maximum Gasteiger partial charge on any atom is 0.345 e. The van der Waals surface area contributed by atoms with Gasteiger partial charge in [0.15, 0.2) is 0 Å². The molecule has 0 amide bonds. The first-order valence-corrected chi connectivity index (χ1v) is 7.58. The Morgan fingerprint density at radius 3 is 2.91 bits per heavy atom. The second-order valence-corrected chi connectivity index (χ2v) is 6.14. The van der Waals surface area contributed by atoms with Gasteiger partial charge in [-0.15, -0.1) is 0 Å². The minimum Gasteiger partial charge on any atom is -0.422 e. The quantitative estimate of drug-likeness (QED) is 0.481. The number of nitrogens with zero attached hydrogens (tertiary/aromatic N) is 2. The predicted molar refractivity (Wildman–Crippen MR) is 89.1 cm³/mol. The summed E-state index contributed by atoms with van der Waals surface area (Å²) in [5.74, 6) is 0. The van der Waals surface area contributed by atoms with E-state index in [-0.39, 0.29) is 5.63 Å². The molecule has 0 aliphatic carbocycles. The summed E-state index contributed by atoms with van der Waals surface area (Å²) in [4.78, 5) is 16.8. The first-order valence-electron chi connectivity index (χ1n) is 6.79. The molecule has 108 valence electrons. The summed E-state index contributed by atoms with van der Waals surface area (Å²) < 4.78 is 8.23. The first kappa shape index (κ1) is 13.3. The summed E-state index contributed by atoms with van der Waals surface area (Å²) in [6.07, 6.45) is 3.77. The lowest BCUT2D eigenvalue weighted by Gasteiger charge is -2.00. The molecule has 0 unspecified atom stereocenters. The summed E-state index contributed by atoms with van der Waals surface area (Å²) in [5.41, 5.74) is 3.20. The molecule has 5 heteroatoms. The van der Waals surface area contributed by atoms with E-state index in [1.54, 1.807) is 6.07 Å². The first-order chi connectivity index (χ1) is 10.6. The van der Waals surface area contributed by atoms with E-state index in [9.17, 15) is 4.79 Å². The van der Waals surface area contributed by atoms with Crippen molar-refractivity contribution in [3.05, 3.63) is 69.2 Å². The largest absolute Gasteiger partial charge is 0.422 e. The molecular formula is C17H11BrN2O2. The Hall–Kier alpha value is -2.40. The lowest BCUT2D eigenvalue weighted by molar-refractivity contribution is 0.563. The molecule has 1 aromatic carbocycles. The molecule has 0 aliphatic rings. The zero-order valence-corrected chi connectivity index (χ0v) is 13.3. The summed E-state index contributed by atoms with van der Waals surface area (Å²) in [5, 5.41) is 0.859. The number of halogens is 1. The van der Waals surface area contributed by atoms with Crippen molar-refractivity contribution >= 4 is 32.5 Å². The maximum atomic E-state index is 12.2. The van der Waals surface area contributed by atoms with E-state index >= 15 is 0 Å². The molecule has 4 aromatic rings. The Morgan fingerprint density at radius 2 is 2.05 bits per heavy atom. The van der Waals surface area contributed by atoms with Crippen molar-refractivity contribution in [2.45, 2.75) is 6.92 Å². The number of aryl methyl sites for hydroxylation is 1. The van der Waals surface area contributed by atoms with E-state index in [4.69, 9.17) is 4.42 Å². The fraction of sp³-hybridized carbons (Fsp3) is 0.0588. The Bertz CT molecular complexity index is 1080. The molecule has 22 heavy (non-hydrogen) atoms. The highest BCUT2D eigenvalue weighted by Crippen LogP contribution is 2.23. The third-order valence-corrected chi connectivity index (χ3v) is 4.08. The third kappa shape index (κ3) is 2.14. The maximum absolute atomic E-state index is 12.2. The SMILES string of the molecule is Cc1ccn2cc(-c3cc4cc(Br)ccc4oc3=O)nc2c1. The van der Waals surface area contributed by atoms with E-state index < -0.39 is 0 Å². The van der Waals surface area contributed by atoms with Crippen LogP contribution in [0.3, 0.4) is 0 Å². The minimum absolute atomic E-state index is 0.380. The van der Waals surface area contributed by atoms with Gasteiger partial charge in [0.2, 0.25) is 0 Å². The molecular weight excluding hydrogens is 344 g/mol.